The molecule has 1 aliphatic rings. The Morgan fingerprint density at radius 1 is 1.25 bits per heavy atom. The Labute approximate surface area is 159 Å². The van der Waals surface area contributed by atoms with Crippen molar-refractivity contribution >= 4 is 11.6 Å². The Hall–Kier alpha value is -2.94. The molecule has 1 aliphatic heterocycles. The van der Waals surface area contributed by atoms with Crippen molar-refractivity contribution in [3.05, 3.63) is 54.0 Å². The molecule has 3 aromatic heterocycles. The zero-order chi connectivity index (χ0) is 19.7. The third-order valence-corrected chi connectivity index (χ3v) is 4.43. The molecular weight excluding hydrogens is 371 g/mol. The Kier molecular flexibility index (Phi) is 4.76. The second-order valence-electron chi connectivity index (χ2n) is 6.70. The largest absolute Gasteiger partial charge is 0.416 e. The van der Waals surface area contributed by atoms with Gasteiger partial charge in [0.15, 0.2) is 0 Å². The number of nitrogens with zero attached hydrogens (tertiary/aromatic N) is 4. The van der Waals surface area contributed by atoms with Crippen LogP contribution in [0, 0.1) is 6.92 Å². The first-order valence-corrected chi connectivity index (χ1v) is 8.80. The summed E-state index contributed by atoms with van der Waals surface area (Å²) in [6, 6.07) is 5.53. The van der Waals surface area contributed by atoms with Crippen molar-refractivity contribution in [3.63, 3.8) is 0 Å². The van der Waals surface area contributed by atoms with Gasteiger partial charge in [-0.15, -0.1) is 0 Å². The van der Waals surface area contributed by atoms with Crippen LogP contribution >= 0.6 is 0 Å². The summed E-state index contributed by atoms with van der Waals surface area (Å²) in [6.07, 6.45) is 1.51. The van der Waals surface area contributed by atoms with Crippen LogP contribution in [0.2, 0.25) is 0 Å². The Bertz CT molecular complexity index is 982. The van der Waals surface area contributed by atoms with Crippen molar-refractivity contribution in [2.75, 3.05) is 11.9 Å². The van der Waals surface area contributed by atoms with Gasteiger partial charge in [-0.1, -0.05) is 0 Å². The van der Waals surface area contributed by atoms with Crippen LogP contribution in [0.3, 0.4) is 0 Å². The molecule has 0 spiro atoms. The lowest BCUT2D eigenvalue weighted by molar-refractivity contribution is -0.137. The number of aryl methyl sites for hydroxylation is 1. The summed E-state index contributed by atoms with van der Waals surface area (Å²) in [5, 5.41) is 7.19. The molecule has 6 nitrogen and oxygen atoms in total. The fraction of sp³-hybridized carbons (Fsp3) is 0.316. The smallest absolute Gasteiger partial charge is 0.376 e. The van der Waals surface area contributed by atoms with Crippen LogP contribution in [0.15, 0.2) is 42.9 Å². The molecule has 1 unspecified atom stereocenters. The normalized spacial score (nSPS) is 16.6. The summed E-state index contributed by atoms with van der Waals surface area (Å²) in [5.74, 6) is 0.494. The molecule has 1 saturated heterocycles. The number of ether oxygens (including phenoxy) is 1. The predicted octanol–water partition coefficient (Wildman–Crippen LogP) is 4.20. The van der Waals surface area contributed by atoms with Gasteiger partial charge in [0.1, 0.15) is 11.6 Å². The minimum atomic E-state index is -4.43. The number of aromatic nitrogens is 4. The number of halogens is 3. The highest BCUT2D eigenvalue weighted by Gasteiger charge is 2.30. The molecule has 0 saturated carbocycles. The van der Waals surface area contributed by atoms with Crippen LogP contribution in [-0.4, -0.2) is 32.5 Å². The van der Waals surface area contributed by atoms with Crippen LogP contribution in [0.5, 0.6) is 0 Å². The number of hydrogen-bond acceptors (Lipinski definition) is 5. The van der Waals surface area contributed by atoms with Gasteiger partial charge in [-0.3, -0.25) is 4.68 Å². The van der Waals surface area contributed by atoms with E-state index in [9.17, 15) is 13.2 Å². The van der Waals surface area contributed by atoms with Gasteiger partial charge in [-0.2, -0.15) is 18.3 Å². The highest BCUT2D eigenvalue weighted by atomic mass is 19.4. The minimum absolute atomic E-state index is 0.0803. The van der Waals surface area contributed by atoms with E-state index in [0.717, 1.165) is 42.5 Å². The van der Waals surface area contributed by atoms with E-state index < -0.39 is 11.7 Å². The lowest BCUT2D eigenvalue weighted by Crippen LogP contribution is -2.31. The molecule has 1 N–H and O–H groups in total. The van der Waals surface area contributed by atoms with Gasteiger partial charge in [0.05, 0.1) is 30.1 Å². The molecule has 0 aliphatic carbocycles. The molecule has 9 heteroatoms. The number of hydrogen-bond donors (Lipinski definition) is 1. The van der Waals surface area contributed by atoms with Crippen molar-refractivity contribution < 1.29 is 17.9 Å². The molecule has 28 heavy (non-hydrogen) atoms. The van der Waals surface area contributed by atoms with E-state index in [1.165, 1.54) is 0 Å². The van der Waals surface area contributed by atoms with Crippen molar-refractivity contribution in [1.29, 1.82) is 0 Å². The maximum atomic E-state index is 12.9. The van der Waals surface area contributed by atoms with Gasteiger partial charge in [-0.05, 0) is 43.2 Å². The molecule has 0 aromatic carbocycles. The van der Waals surface area contributed by atoms with Gasteiger partial charge in [0.2, 0.25) is 0 Å². The molecule has 146 valence electrons. The first-order valence-electron chi connectivity index (χ1n) is 8.80. The van der Waals surface area contributed by atoms with Crippen molar-refractivity contribution in [3.8, 4) is 11.3 Å². The fourth-order valence-corrected chi connectivity index (χ4v) is 2.92. The maximum Gasteiger partial charge on any atom is 0.416 e. The highest BCUT2D eigenvalue weighted by Crippen LogP contribution is 2.30. The maximum absolute atomic E-state index is 12.9. The topological polar surface area (TPSA) is 64.9 Å². The number of pyridine rings is 2. The zero-order valence-corrected chi connectivity index (χ0v) is 15.1. The zero-order valence-electron chi connectivity index (χ0n) is 15.1. The third kappa shape index (κ3) is 4.14. The highest BCUT2D eigenvalue weighted by molar-refractivity contribution is 5.63. The molecule has 0 radical (unpaired) electrons. The molecule has 0 amide bonds. The van der Waals surface area contributed by atoms with Crippen LogP contribution < -0.4 is 5.32 Å². The summed E-state index contributed by atoms with van der Waals surface area (Å²) in [4.78, 5) is 8.45. The average Bonchev–Trinajstić information content (AvgIpc) is 3.06. The van der Waals surface area contributed by atoms with E-state index >= 15 is 0 Å². The monoisotopic (exact) mass is 389 g/mol. The van der Waals surface area contributed by atoms with Crippen LogP contribution in [-0.2, 0) is 17.5 Å². The molecule has 1 atom stereocenters. The van der Waals surface area contributed by atoms with E-state index in [2.05, 4.69) is 20.4 Å². The number of anilines is 2. The summed E-state index contributed by atoms with van der Waals surface area (Å²) >= 11 is 0. The quantitative estimate of drug-likeness (QED) is 0.709. The summed E-state index contributed by atoms with van der Waals surface area (Å²) in [7, 11) is 0. The van der Waals surface area contributed by atoms with Crippen molar-refractivity contribution in [1.82, 2.24) is 19.7 Å². The van der Waals surface area contributed by atoms with E-state index in [1.807, 2.05) is 23.9 Å². The second-order valence-corrected chi connectivity index (χ2v) is 6.70. The molecule has 4 rings (SSSR count). The molecule has 0 bridgehead atoms. The standard InChI is InChI=1S/C19H18F3N5O/c1-12-6-16(13-9-24-27(10-13)11-15-3-5-28-15)25-18(7-12)26-17-8-14(2-4-23-17)19(20,21)22/h2,4,6-10,15H,3,5,11H2,1H3,(H,23,25,26). The van der Waals surface area contributed by atoms with Crippen LogP contribution in [0.4, 0.5) is 24.8 Å². The summed E-state index contributed by atoms with van der Waals surface area (Å²) in [5.41, 5.74) is 1.64. The number of alkyl halides is 3. The molecule has 1 fully saturated rings. The van der Waals surface area contributed by atoms with Crippen molar-refractivity contribution in [2.45, 2.75) is 32.2 Å². The molecule has 4 heterocycles. The Morgan fingerprint density at radius 2 is 2.07 bits per heavy atom. The lowest BCUT2D eigenvalue weighted by atomic mass is 10.1. The van der Waals surface area contributed by atoms with Crippen LogP contribution in [0.25, 0.3) is 11.3 Å². The van der Waals surface area contributed by atoms with Gasteiger partial charge in [0, 0.05) is 24.6 Å². The number of nitrogens with one attached hydrogen (secondary N) is 1. The lowest BCUT2D eigenvalue weighted by Gasteiger charge is -2.25. The molecular formula is C19H18F3N5O. The van der Waals surface area contributed by atoms with Crippen molar-refractivity contribution in [2.24, 2.45) is 0 Å². The first kappa shape index (κ1) is 18.4. The Balaban J connectivity index is 1.56. The Morgan fingerprint density at radius 3 is 2.79 bits per heavy atom. The van der Waals surface area contributed by atoms with E-state index in [0.29, 0.717) is 18.1 Å². The first-order chi connectivity index (χ1) is 13.4. The fourth-order valence-electron chi connectivity index (χ4n) is 2.92. The van der Waals surface area contributed by atoms with E-state index in [4.69, 9.17) is 4.74 Å². The average molecular weight is 389 g/mol. The van der Waals surface area contributed by atoms with Gasteiger partial charge in [0.25, 0.3) is 0 Å². The van der Waals surface area contributed by atoms with Gasteiger partial charge >= 0.3 is 6.18 Å². The van der Waals surface area contributed by atoms with Gasteiger partial charge in [-0.25, -0.2) is 9.97 Å². The SMILES string of the molecule is Cc1cc(Nc2cc(C(F)(F)F)ccn2)nc(-c2cnn(CC3CCO3)c2)c1. The summed E-state index contributed by atoms with van der Waals surface area (Å²) < 4.78 is 45.9. The minimum Gasteiger partial charge on any atom is -0.376 e. The third-order valence-electron chi connectivity index (χ3n) is 4.43. The van der Waals surface area contributed by atoms with Crippen LogP contribution in [0.1, 0.15) is 17.5 Å². The van der Waals surface area contributed by atoms with E-state index in [1.54, 1.807) is 12.3 Å². The number of rotatable bonds is 5. The predicted molar refractivity (Wildman–Crippen MR) is 97.1 cm³/mol. The molecule has 3 aromatic rings. The van der Waals surface area contributed by atoms with E-state index in [-0.39, 0.29) is 11.9 Å². The summed E-state index contributed by atoms with van der Waals surface area (Å²) in [6.45, 7) is 3.37. The van der Waals surface area contributed by atoms with Gasteiger partial charge < -0.3 is 10.1 Å². The second kappa shape index (κ2) is 7.23.